The molecule has 0 atom stereocenters. The van der Waals surface area contributed by atoms with Crippen molar-refractivity contribution in [3.63, 3.8) is 0 Å². The second-order valence-corrected chi connectivity index (χ2v) is 6.66. The normalized spacial score (nSPS) is 16.8. The van der Waals surface area contributed by atoms with Gasteiger partial charge in [-0.3, -0.25) is 9.59 Å². The Labute approximate surface area is 143 Å². The maximum Gasteiger partial charge on any atom is 0.260 e. The van der Waals surface area contributed by atoms with Crippen LogP contribution in [0.15, 0.2) is 18.2 Å². The summed E-state index contributed by atoms with van der Waals surface area (Å²) in [6.07, 6.45) is 4.50. The Kier molecular flexibility index (Phi) is 3.68. The molecule has 4 rings (SSSR count). The first-order valence-corrected chi connectivity index (χ1v) is 8.45. The zero-order valence-electron chi connectivity index (χ0n) is 13.0. The molecule has 0 aliphatic carbocycles. The van der Waals surface area contributed by atoms with E-state index in [1.165, 1.54) is 16.7 Å². The van der Waals surface area contributed by atoms with E-state index in [0.717, 1.165) is 37.6 Å². The number of carbonyl (C=O) groups is 2. The Balaban J connectivity index is 1.79. The summed E-state index contributed by atoms with van der Waals surface area (Å²) >= 11 is 5.97. The molecule has 0 spiro atoms. The van der Waals surface area contributed by atoms with E-state index in [1.54, 1.807) is 0 Å². The fourth-order valence-electron chi connectivity index (χ4n) is 3.77. The van der Waals surface area contributed by atoms with Crippen molar-refractivity contribution in [1.82, 2.24) is 4.57 Å². The molecule has 6 heteroatoms. The topological polar surface area (TPSA) is 42.3 Å². The van der Waals surface area contributed by atoms with Crippen LogP contribution in [0.5, 0.6) is 0 Å². The Morgan fingerprint density at radius 2 is 1.96 bits per heavy atom. The highest BCUT2D eigenvalue weighted by Crippen LogP contribution is 2.33. The van der Waals surface area contributed by atoms with E-state index in [0.29, 0.717) is 24.8 Å². The average molecular weight is 347 g/mol. The van der Waals surface area contributed by atoms with Crippen molar-refractivity contribution in [3.8, 4) is 0 Å². The minimum Gasteiger partial charge on any atom is -0.348 e. The number of nitrogens with zero attached hydrogens (tertiary/aromatic N) is 2. The maximum absolute atomic E-state index is 13.8. The Morgan fingerprint density at radius 3 is 2.75 bits per heavy atom. The molecule has 0 N–H and O–H groups in total. The second kappa shape index (κ2) is 5.74. The van der Waals surface area contributed by atoms with Crippen molar-refractivity contribution in [2.45, 2.75) is 32.2 Å². The number of aryl methyl sites for hydroxylation is 1. The Hall–Kier alpha value is -2.14. The van der Waals surface area contributed by atoms with Gasteiger partial charge < -0.3 is 9.47 Å². The first-order chi connectivity index (χ1) is 11.6. The van der Waals surface area contributed by atoms with Gasteiger partial charge in [-0.25, -0.2) is 4.39 Å². The summed E-state index contributed by atoms with van der Waals surface area (Å²) in [5, 5.41) is 0.0229. The van der Waals surface area contributed by atoms with Gasteiger partial charge in [0, 0.05) is 30.9 Å². The largest absolute Gasteiger partial charge is 0.348 e. The monoisotopic (exact) mass is 346 g/mol. The molecule has 0 saturated heterocycles. The van der Waals surface area contributed by atoms with Gasteiger partial charge in [-0.2, -0.15) is 0 Å². The van der Waals surface area contributed by atoms with Crippen LogP contribution in [0.2, 0.25) is 5.02 Å². The molecule has 2 aliphatic heterocycles. The van der Waals surface area contributed by atoms with E-state index in [1.807, 2.05) is 6.07 Å². The number of anilines is 1. The van der Waals surface area contributed by atoms with Crippen LogP contribution in [0.4, 0.5) is 10.1 Å². The van der Waals surface area contributed by atoms with Crippen LogP contribution in [0.3, 0.4) is 0 Å². The Bertz CT molecular complexity index is 859. The lowest BCUT2D eigenvalue weighted by Gasteiger charge is -2.29. The maximum atomic E-state index is 13.8. The highest BCUT2D eigenvalue weighted by Gasteiger charge is 2.32. The third kappa shape index (κ3) is 2.26. The van der Waals surface area contributed by atoms with Crippen LogP contribution in [0, 0.1) is 5.82 Å². The molecule has 0 unspecified atom stereocenters. The molecule has 0 bridgehead atoms. The van der Waals surface area contributed by atoms with Crippen molar-refractivity contribution >= 4 is 29.5 Å². The molecule has 1 amide bonds. The summed E-state index contributed by atoms with van der Waals surface area (Å²) < 4.78 is 16.0. The summed E-state index contributed by atoms with van der Waals surface area (Å²) in [6.45, 7) is 1.36. The molecule has 0 radical (unpaired) electrons. The first kappa shape index (κ1) is 15.4. The van der Waals surface area contributed by atoms with Crippen LogP contribution < -0.4 is 4.90 Å². The lowest BCUT2D eigenvalue weighted by atomic mass is 10.0. The molecule has 2 aromatic rings. The number of benzene rings is 1. The fraction of sp³-hybridized carbons (Fsp3) is 0.333. The van der Waals surface area contributed by atoms with E-state index in [4.69, 9.17) is 11.6 Å². The minimum atomic E-state index is -0.560. The number of hydrogen-bond acceptors (Lipinski definition) is 2. The van der Waals surface area contributed by atoms with Crippen LogP contribution in [-0.4, -0.2) is 23.3 Å². The van der Waals surface area contributed by atoms with Crippen molar-refractivity contribution in [1.29, 1.82) is 0 Å². The number of aromatic nitrogens is 1. The summed E-state index contributed by atoms with van der Waals surface area (Å²) in [5.41, 5.74) is 3.31. The van der Waals surface area contributed by atoms with Crippen molar-refractivity contribution in [2.75, 3.05) is 11.4 Å². The van der Waals surface area contributed by atoms with Crippen molar-refractivity contribution < 1.29 is 14.0 Å². The van der Waals surface area contributed by atoms with Gasteiger partial charge in [-0.05, 0) is 37.5 Å². The van der Waals surface area contributed by atoms with Gasteiger partial charge in [0.2, 0.25) is 0 Å². The number of halogens is 2. The van der Waals surface area contributed by atoms with Crippen LogP contribution in [-0.2, 0) is 19.4 Å². The van der Waals surface area contributed by atoms with Gasteiger partial charge in [0.05, 0.1) is 21.8 Å². The summed E-state index contributed by atoms with van der Waals surface area (Å²) in [5.74, 6) is -0.752. The summed E-state index contributed by atoms with van der Waals surface area (Å²) in [4.78, 5) is 25.8. The molecule has 3 heterocycles. The molecule has 4 nitrogen and oxygen atoms in total. The number of fused-ring (bicyclic) bond motifs is 3. The molecule has 124 valence electrons. The molecular weight excluding hydrogens is 331 g/mol. The van der Waals surface area contributed by atoms with Crippen molar-refractivity contribution in [2.24, 2.45) is 0 Å². The number of rotatable bonds is 2. The van der Waals surface area contributed by atoms with E-state index in [-0.39, 0.29) is 22.2 Å². The van der Waals surface area contributed by atoms with Gasteiger partial charge in [-0.1, -0.05) is 11.6 Å². The predicted octanol–water partition coefficient (Wildman–Crippen LogP) is 3.63. The van der Waals surface area contributed by atoms with Gasteiger partial charge in [-0.15, -0.1) is 0 Å². The highest BCUT2D eigenvalue weighted by atomic mass is 35.5. The standard InChI is InChI=1S/C18H16ClFN2O2/c19-15-7-11(20)8-17(14(15)10-23)22-6-4-16-13(18(22)24)9-12-3-1-2-5-21(12)16/h7-10H,1-6H2. The number of amides is 1. The highest BCUT2D eigenvalue weighted by molar-refractivity contribution is 6.33. The lowest BCUT2D eigenvalue weighted by molar-refractivity contribution is 0.0980. The fourth-order valence-corrected chi connectivity index (χ4v) is 4.01. The molecule has 24 heavy (non-hydrogen) atoms. The molecule has 0 fully saturated rings. The lowest BCUT2D eigenvalue weighted by Crippen LogP contribution is -2.38. The summed E-state index contributed by atoms with van der Waals surface area (Å²) in [6, 6.07) is 4.24. The Morgan fingerprint density at radius 1 is 1.12 bits per heavy atom. The van der Waals surface area contributed by atoms with Gasteiger partial charge in [0.15, 0.2) is 6.29 Å². The number of carbonyl (C=O) groups excluding carboxylic acids is 2. The number of aldehydes is 1. The molecule has 0 saturated carbocycles. The van der Waals surface area contributed by atoms with Gasteiger partial charge >= 0.3 is 0 Å². The summed E-state index contributed by atoms with van der Waals surface area (Å²) in [7, 11) is 0. The van der Waals surface area contributed by atoms with Gasteiger partial charge in [0.1, 0.15) is 5.82 Å². The quantitative estimate of drug-likeness (QED) is 0.779. The van der Waals surface area contributed by atoms with Crippen LogP contribution in [0.1, 0.15) is 44.9 Å². The van der Waals surface area contributed by atoms with Gasteiger partial charge in [0.25, 0.3) is 5.91 Å². The first-order valence-electron chi connectivity index (χ1n) is 8.07. The zero-order chi connectivity index (χ0) is 16.8. The predicted molar refractivity (Wildman–Crippen MR) is 89.5 cm³/mol. The smallest absolute Gasteiger partial charge is 0.260 e. The van der Waals surface area contributed by atoms with Crippen LogP contribution >= 0.6 is 11.6 Å². The van der Waals surface area contributed by atoms with E-state index in [2.05, 4.69) is 4.57 Å². The molecule has 1 aromatic carbocycles. The van der Waals surface area contributed by atoms with E-state index < -0.39 is 5.82 Å². The minimum absolute atomic E-state index is 0.0229. The second-order valence-electron chi connectivity index (χ2n) is 6.25. The van der Waals surface area contributed by atoms with Crippen LogP contribution in [0.25, 0.3) is 0 Å². The average Bonchev–Trinajstić information content (AvgIpc) is 2.94. The number of hydrogen-bond donors (Lipinski definition) is 0. The molecule has 2 aliphatic rings. The van der Waals surface area contributed by atoms with Crippen molar-refractivity contribution in [3.05, 3.63) is 51.6 Å². The third-order valence-electron chi connectivity index (χ3n) is 4.89. The molecule has 1 aromatic heterocycles. The molecular formula is C18H16ClFN2O2. The SMILES string of the molecule is O=Cc1c(Cl)cc(F)cc1N1CCc2c(cc3n2CCCC3)C1=O. The van der Waals surface area contributed by atoms with E-state index >= 15 is 0 Å². The van der Waals surface area contributed by atoms with E-state index in [9.17, 15) is 14.0 Å². The third-order valence-corrected chi connectivity index (χ3v) is 5.20. The zero-order valence-corrected chi connectivity index (χ0v) is 13.8.